The van der Waals surface area contributed by atoms with E-state index in [1.165, 1.54) is 33.4 Å². The summed E-state index contributed by atoms with van der Waals surface area (Å²) in [7, 11) is 0. The number of aryl methyl sites for hydroxylation is 3. The third-order valence-corrected chi connectivity index (χ3v) is 4.88. The summed E-state index contributed by atoms with van der Waals surface area (Å²) in [4.78, 5) is 46.7. The van der Waals surface area contributed by atoms with Crippen LogP contribution in [-0.4, -0.2) is 24.9 Å². The van der Waals surface area contributed by atoms with Crippen LogP contribution in [0.5, 0.6) is 0 Å². The van der Waals surface area contributed by atoms with Crippen LogP contribution >= 0.6 is 0 Å². The lowest BCUT2D eigenvalue weighted by Gasteiger charge is -2.08. The molecule has 3 rings (SSSR count). The van der Waals surface area contributed by atoms with Gasteiger partial charge in [-0.05, 0) is 32.9 Å². The average Bonchev–Trinajstić information content (AvgIpc) is 2.96. The fourth-order valence-corrected chi connectivity index (χ4v) is 3.35. The first-order chi connectivity index (χ1) is 14.2. The molecule has 1 amide bonds. The molecular formula is C19H19N5O6. The first-order valence-corrected chi connectivity index (χ1v) is 9.17. The Balaban J connectivity index is 2.13. The predicted octanol–water partition coefficient (Wildman–Crippen LogP) is 3.22. The molecule has 0 radical (unpaired) electrons. The lowest BCUT2D eigenvalue weighted by molar-refractivity contribution is -0.385. The number of nitrogens with zero attached hydrogens (tertiary/aromatic N) is 4. The Morgan fingerprint density at radius 2 is 1.53 bits per heavy atom. The molecule has 0 aliphatic heterocycles. The van der Waals surface area contributed by atoms with Gasteiger partial charge in [-0.15, -0.1) is 0 Å². The van der Waals surface area contributed by atoms with Crippen molar-refractivity contribution < 1.29 is 14.6 Å². The Kier molecular flexibility index (Phi) is 5.37. The molecule has 0 aliphatic carbocycles. The van der Waals surface area contributed by atoms with E-state index in [0.717, 1.165) is 6.07 Å². The van der Waals surface area contributed by atoms with E-state index in [-0.39, 0.29) is 28.3 Å². The smallest absolute Gasteiger partial charge is 0.316 e. The molecule has 30 heavy (non-hydrogen) atoms. The van der Waals surface area contributed by atoms with Crippen LogP contribution in [0.4, 0.5) is 17.1 Å². The monoisotopic (exact) mass is 413 g/mol. The zero-order valence-corrected chi connectivity index (χ0v) is 16.5. The Hall–Kier alpha value is -4.02. The predicted molar refractivity (Wildman–Crippen MR) is 110 cm³/mol. The summed E-state index contributed by atoms with van der Waals surface area (Å²) in [5.41, 5.74) is 0.191. The van der Waals surface area contributed by atoms with Crippen LogP contribution in [0.1, 0.15) is 29.8 Å². The lowest BCUT2D eigenvalue weighted by Crippen LogP contribution is -2.23. The molecule has 1 N–H and O–H groups in total. The molecule has 0 fully saturated rings. The summed E-state index contributed by atoms with van der Waals surface area (Å²) in [5, 5.41) is 25.2. The molecule has 0 saturated carbocycles. The molecule has 11 nitrogen and oxygen atoms in total. The number of nitro benzene ring substituents is 2. The van der Waals surface area contributed by atoms with Gasteiger partial charge in [-0.1, -0.05) is 6.07 Å². The van der Waals surface area contributed by atoms with Crippen molar-refractivity contribution in [1.29, 1.82) is 0 Å². The summed E-state index contributed by atoms with van der Waals surface area (Å²) < 4.78 is 2.87. The second-order valence-corrected chi connectivity index (χ2v) is 6.60. The third kappa shape index (κ3) is 3.41. The van der Waals surface area contributed by atoms with Crippen LogP contribution < -0.4 is 11.0 Å². The van der Waals surface area contributed by atoms with Gasteiger partial charge in [0.25, 0.3) is 17.3 Å². The van der Waals surface area contributed by atoms with Crippen molar-refractivity contribution >= 4 is 34.0 Å². The molecule has 0 unspecified atom stereocenters. The second-order valence-electron chi connectivity index (χ2n) is 6.60. The van der Waals surface area contributed by atoms with Crippen LogP contribution in [0.2, 0.25) is 0 Å². The van der Waals surface area contributed by atoms with E-state index in [9.17, 15) is 29.8 Å². The number of aromatic nitrogens is 2. The molecule has 0 atom stereocenters. The van der Waals surface area contributed by atoms with E-state index in [4.69, 9.17) is 0 Å². The van der Waals surface area contributed by atoms with Gasteiger partial charge in [0, 0.05) is 36.3 Å². The van der Waals surface area contributed by atoms with Crippen LogP contribution in [0.3, 0.4) is 0 Å². The summed E-state index contributed by atoms with van der Waals surface area (Å²) in [6, 6.07) is 6.58. The fraction of sp³-hybridized carbons (Fsp3) is 0.263. The number of fused-ring (bicyclic) bond motifs is 1. The molecule has 1 heterocycles. The maximum Gasteiger partial charge on any atom is 0.329 e. The number of carbonyl (C=O) groups is 1. The maximum absolute atomic E-state index is 12.7. The zero-order valence-electron chi connectivity index (χ0n) is 16.5. The normalized spacial score (nSPS) is 10.9. The maximum atomic E-state index is 12.7. The van der Waals surface area contributed by atoms with Crippen molar-refractivity contribution in [3.05, 3.63) is 72.2 Å². The van der Waals surface area contributed by atoms with E-state index in [1.54, 1.807) is 20.8 Å². The first-order valence-electron chi connectivity index (χ1n) is 9.17. The van der Waals surface area contributed by atoms with Gasteiger partial charge in [0.15, 0.2) is 0 Å². The molecule has 0 saturated heterocycles. The Morgan fingerprint density at radius 3 is 2.07 bits per heavy atom. The number of imidazole rings is 1. The molecule has 11 heteroatoms. The summed E-state index contributed by atoms with van der Waals surface area (Å²) in [6.45, 7) is 5.75. The van der Waals surface area contributed by atoms with E-state index >= 15 is 0 Å². The van der Waals surface area contributed by atoms with Crippen molar-refractivity contribution in [3.63, 3.8) is 0 Å². The van der Waals surface area contributed by atoms with Crippen molar-refractivity contribution in [1.82, 2.24) is 9.13 Å². The van der Waals surface area contributed by atoms with Crippen LogP contribution in [0.25, 0.3) is 11.0 Å². The standard InChI is InChI=1S/C19H19N5O6/c1-4-21-16-9-13(15(24(29)30)10-17(16)22(5-2)19(21)26)20-18(25)12-7-6-11(3)14(8-12)23(27)28/h6-10H,4-5H2,1-3H3,(H,20,25). The molecule has 3 aromatic rings. The molecule has 1 aromatic heterocycles. The molecule has 0 spiro atoms. The minimum Gasteiger partial charge on any atom is -0.316 e. The van der Waals surface area contributed by atoms with Crippen molar-refractivity contribution in [2.75, 3.05) is 5.32 Å². The topological polar surface area (TPSA) is 142 Å². The van der Waals surface area contributed by atoms with E-state index in [1.807, 2.05) is 0 Å². The highest BCUT2D eigenvalue weighted by Crippen LogP contribution is 2.31. The minimum absolute atomic E-state index is 0.0132. The number of anilines is 1. The number of carbonyl (C=O) groups excluding carboxylic acids is 1. The number of amides is 1. The molecular weight excluding hydrogens is 394 g/mol. The molecule has 2 aromatic carbocycles. The highest BCUT2D eigenvalue weighted by atomic mass is 16.6. The van der Waals surface area contributed by atoms with Gasteiger partial charge in [0.2, 0.25) is 0 Å². The van der Waals surface area contributed by atoms with Crippen molar-refractivity contribution in [2.24, 2.45) is 0 Å². The summed E-state index contributed by atoms with van der Waals surface area (Å²) in [5.74, 6) is -0.735. The molecule has 156 valence electrons. The highest BCUT2D eigenvalue weighted by molar-refractivity contribution is 6.07. The first kappa shape index (κ1) is 20.7. The van der Waals surface area contributed by atoms with Gasteiger partial charge in [-0.2, -0.15) is 0 Å². The summed E-state index contributed by atoms with van der Waals surface area (Å²) in [6.07, 6.45) is 0. The Labute approximate surface area is 169 Å². The third-order valence-electron chi connectivity index (χ3n) is 4.88. The van der Waals surface area contributed by atoms with E-state index < -0.39 is 15.8 Å². The average molecular weight is 413 g/mol. The van der Waals surface area contributed by atoms with Crippen LogP contribution in [0.15, 0.2) is 35.1 Å². The van der Waals surface area contributed by atoms with Gasteiger partial charge >= 0.3 is 5.69 Å². The van der Waals surface area contributed by atoms with Crippen molar-refractivity contribution in [3.8, 4) is 0 Å². The fourth-order valence-electron chi connectivity index (χ4n) is 3.35. The molecule has 0 aliphatic rings. The zero-order chi connectivity index (χ0) is 22.2. The minimum atomic E-state index is -0.735. The van der Waals surface area contributed by atoms with Gasteiger partial charge < -0.3 is 5.32 Å². The van der Waals surface area contributed by atoms with Gasteiger partial charge in [0.05, 0.1) is 20.9 Å². The number of rotatable bonds is 6. The number of benzene rings is 2. The number of nitrogens with one attached hydrogen (secondary N) is 1. The van der Waals surface area contributed by atoms with Gasteiger partial charge in [0.1, 0.15) is 5.69 Å². The SMILES string of the molecule is CCn1c(=O)n(CC)c2cc([N+](=O)[O-])c(NC(=O)c3ccc(C)c([N+](=O)[O-])c3)cc21. The van der Waals surface area contributed by atoms with Gasteiger partial charge in [-0.3, -0.25) is 34.2 Å². The van der Waals surface area contributed by atoms with Crippen LogP contribution in [0, 0.1) is 27.2 Å². The lowest BCUT2D eigenvalue weighted by atomic mass is 10.1. The quantitative estimate of drug-likeness (QED) is 0.485. The molecule has 0 bridgehead atoms. The largest absolute Gasteiger partial charge is 0.329 e. The van der Waals surface area contributed by atoms with E-state index in [0.29, 0.717) is 29.7 Å². The summed E-state index contributed by atoms with van der Waals surface area (Å²) >= 11 is 0. The number of hydrogen-bond acceptors (Lipinski definition) is 6. The number of hydrogen-bond donors (Lipinski definition) is 1. The second kappa shape index (κ2) is 7.78. The van der Waals surface area contributed by atoms with Gasteiger partial charge in [-0.25, -0.2) is 4.79 Å². The number of nitro groups is 2. The van der Waals surface area contributed by atoms with Crippen molar-refractivity contribution in [2.45, 2.75) is 33.9 Å². The van der Waals surface area contributed by atoms with E-state index in [2.05, 4.69) is 5.32 Å². The Bertz CT molecular complexity index is 1260. The Morgan fingerprint density at radius 1 is 0.967 bits per heavy atom. The van der Waals surface area contributed by atoms with Crippen LogP contribution in [-0.2, 0) is 13.1 Å². The highest BCUT2D eigenvalue weighted by Gasteiger charge is 2.23.